The minimum Gasteiger partial charge on any atom is -0.508 e. The number of aryl methyl sites for hydroxylation is 1. The van der Waals surface area contributed by atoms with Gasteiger partial charge in [0.2, 0.25) is 0 Å². The van der Waals surface area contributed by atoms with Crippen LogP contribution in [0.2, 0.25) is 0 Å². The van der Waals surface area contributed by atoms with Crippen molar-refractivity contribution in [2.24, 2.45) is 5.92 Å². The predicted octanol–water partition coefficient (Wildman–Crippen LogP) is 3.70. The fourth-order valence-electron chi connectivity index (χ4n) is 2.92. The molecule has 0 saturated heterocycles. The van der Waals surface area contributed by atoms with Crippen LogP contribution in [-0.2, 0) is 0 Å². The zero-order valence-corrected chi connectivity index (χ0v) is 13.5. The van der Waals surface area contributed by atoms with E-state index >= 15 is 0 Å². The highest BCUT2D eigenvalue weighted by Crippen LogP contribution is 2.50. The minimum absolute atomic E-state index is 0.0609. The first-order valence-corrected chi connectivity index (χ1v) is 7.61. The number of Topliss-reactive ketones (excluding diaryl/α,β-unsaturated/α-hetero) is 1. The predicted molar refractivity (Wildman–Crippen MR) is 87.6 cm³/mol. The van der Waals surface area contributed by atoms with Crippen LogP contribution in [0.15, 0.2) is 36.4 Å². The van der Waals surface area contributed by atoms with Crippen LogP contribution < -0.4 is 9.47 Å². The summed E-state index contributed by atoms with van der Waals surface area (Å²) in [5, 5.41) is 9.85. The molecule has 2 aromatic carbocycles. The van der Waals surface area contributed by atoms with Crippen molar-refractivity contribution < 1.29 is 19.4 Å². The zero-order valence-electron chi connectivity index (χ0n) is 13.5. The molecule has 2 aromatic rings. The van der Waals surface area contributed by atoms with Crippen molar-refractivity contribution in [3.63, 3.8) is 0 Å². The molecule has 1 aliphatic carbocycles. The maximum absolute atomic E-state index is 12.8. The van der Waals surface area contributed by atoms with Gasteiger partial charge in [0.25, 0.3) is 0 Å². The fourth-order valence-corrected chi connectivity index (χ4v) is 2.92. The van der Waals surface area contributed by atoms with Gasteiger partial charge in [0.05, 0.1) is 19.8 Å². The van der Waals surface area contributed by atoms with Crippen molar-refractivity contribution in [3.05, 3.63) is 53.1 Å². The molecule has 0 heterocycles. The summed E-state index contributed by atoms with van der Waals surface area (Å²) in [7, 11) is 3.13. The lowest BCUT2D eigenvalue weighted by molar-refractivity contribution is 0.0962. The van der Waals surface area contributed by atoms with E-state index in [0.29, 0.717) is 17.1 Å². The normalized spacial score (nSPS) is 19.3. The number of hydrogen-bond acceptors (Lipinski definition) is 4. The summed E-state index contributed by atoms with van der Waals surface area (Å²) in [6.07, 6.45) is 0.793. The molecule has 2 unspecified atom stereocenters. The summed E-state index contributed by atoms with van der Waals surface area (Å²) in [5.41, 5.74) is 2.40. The summed E-state index contributed by atoms with van der Waals surface area (Å²) >= 11 is 0. The van der Waals surface area contributed by atoms with Crippen molar-refractivity contribution in [1.29, 1.82) is 0 Å². The van der Waals surface area contributed by atoms with E-state index in [-0.39, 0.29) is 23.4 Å². The molecule has 3 rings (SSSR count). The van der Waals surface area contributed by atoms with Crippen LogP contribution in [0.4, 0.5) is 0 Å². The molecule has 4 heteroatoms. The number of rotatable bonds is 5. The third-order valence-electron chi connectivity index (χ3n) is 4.46. The summed E-state index contributed by atoms with van der Waals surface area (Å²) in [6.45, 7) is 1.86. The molecule has 0 aliphatic heterocycles. The molecular formula is C19H20O4. The highest BCUT2D eigenvalue weighted by Gasteiger charge is 2.45. The average molecular weight is 312 g/mol. The minimum atomic E-state index is -0.0712. The summed E-state index contributed by atoms with van der Waals surface area (Å²) in [5.74, 6) is 1.63. The van der Waals surface area contributed by atoms with Crippen molar-refractivity contribution in [3.8, 4) is 17.2 Å². The van der Waals surface area contributed by atoms with Gasteiger partial charge in [-0.3, -0.25) is 4.79 Å². The topological polar surface area (TPSA) is 55.8 Å². The van der Waals surface area contributed by atoms with Crippen LogP contribution in [0, 0.1) is 12.8 Å². The standard InChI is InChI=1S/C19H20O4/c1-11-4-5-12(8-17(11)20)14-10-15(14)19(21)16-9-13(22-2)6-7-18(16)23-3/h4-9,14-15,20H,10H2,1-3H3. The number of carbonyl (C=O) groups excluding carboxylic acids is 1. The Hall–Kier alpha value is -2.49. The molecule has 120 valence electrons. The quantitative estimate of drug-likeness (QED) is 0.855. The van der Waals surface area contributed by atoms with Crippen LogP contribution >= 0.6 is 0 Å². The van der Waals surface area contributed by atoms with Crippen LogP contribution in [0.5, 0.6) is 17.2 Å². The fraction of sp³-hybridized carbons (Fsp3) is 0.316. The molecule has 1 aliphatic rings. The second-order valence-corrected chi connectivity index (χ2v) is 5.93. The van der Waals surface area contributed by atoms with Crippen molar-refractivity contribution in [1.82, 2.24) is 0 Å². The van der Waals surface area contributed by atoms with Gasteiger partial charge >= 0.3 is 0 Å². The number of phenols is 1. The van der Waals surface area contributed by atoms with E-state index in [2.05, 4.69) is 0 Å². The van der Waals surface area contributed by atoms with Crippen LogP contribution in [-0.4, -0.2) is 25.1 Å². The summed E-state index contributed by atoms with van der Waals surface area (Å²) < 4.78 is 10.5. The Morgan fingerprint density at radius 1 is 1.13 bits per heavy atom. The SMILES string of the molecule is COc1ccc(OC)c(C(=O)C2CC2c2ccc(C)c(O)c2)c1. The number of ketones is 1. The van der Waals surface area contributed by atoms with E-state index < -0.39 is 0 Å². The van der Waals surface area contributed by atoms with E-state index in [1.807, 2.05) is 19.1 Å². The maximum Gasteiger partial charge on any atom is 0.170 e. The molecule has 2 atom stereocenters. The lowest BCUT2D eigenvalue weighted by Crippen LogP contribution is -2.06. The number of hydrogen-bond donors (Lipinski definition) is 1. The zero-order chi connectivity index (χ0) is 16.6. The number of phenolic OH excluding ortho intramolecular Hbond substituents is 1. The van der Waals surface area contributed by atoms with Gasteiger partial charge in [-0.05, 0) is 54.7 Å². The molecule has 0 amide bonds. The van der Waals surface area contributed by atoms with Gasteiger partial charge in [-0.2, -0.15) is 0 Å². The van der Waals surface area contributed by atoms with E-state index in [9.17, 15) is 9.90 Å². The molecule has 4 nitrogen and oxygen atoms in total. The van der Waals surface area contributed by atoms with E-state index in [0.717, 1.165) is 17.5 Å². The first kappa shape index (κ1) is 15.4. The Kier molecular flexibility index (Phi) is 3.99. The number of carbonyl (C=O) groups is 1. The Bertz CT molecular complexity index is 751. The van der Waals surface area contributed by atoms with E-state index in [1.165, 1.54) is 0 Å². The largest absolute Gasteiger partial charge is 0.508 e. The molecule has 1 fully saturated rings. The third-order valence-corrected chi connectivity index (χ3v) is 4.46. The summed E-state index contributed by atoms with van der Waals surface area (Å²) in [4.78, 5) is 12.8. The molecule has 0 radical (unpaired) electrons. The van der Waals surface area contributed by atoms with E-state index in [4.69, 9.17) is 9.47 Å². The van der Waals surface area contributed by atoms with Gasteiger partial charge in [0, 0.05) is 5.92 Å². The second-order valence-electron chi connectivity index (χ2n) is 5.93. The van der Waals surface area contributed by atoms with Gasteiger partial charge in [0.1, 0.15) is 17.2 Å². The number of methoxy groups -OCH3 is 2. The van der Waals surface area contributed by atoms with E-state index in [1.54, 1.807) is 38.5 Å². The molecule has 0 bridgehead atoms. The van der Waals surface area contributed by atoms with Gasteiger partial charge < -0.3 is 14.6 Å². The molecule has 0 aromatic heterocycles. The lowest BCUT2D eigenvalue weighted by Gasteiger charge is -2.10. The highest BCUT2D eigenvalue weighted by atomic mass is 16.5. The Morgan fingerprint density at radius 2 is 1.91 bits per heavy atom. The first-order chi connectivity index (χ1) is 11.0. The van der Waals surface area contributed by atoms with Crippen molar-refractivity contribution in [2.45, 2.75) is 19.3 Å². The number of ether oxygens (including phenoxy) is 2. The number of aromatic hydroxyl groups is 1. The third kappa shape index (κ3) is 2.89. The maximum atomic E-state index is 12.8. The first-order valence-electron chi connectivity index (χ1n) is 7.61. The number of benzene rings is 2. The highest BCUT2D eigenvalue weighted by molar-refractivity contribution is 6.03. The van der Waals surface area contributed by atoms with Crippen LogP contribution in [0.3, 0.4) is 0 Å². The van der Waals surface area contributed by atoms with Crippen molar-refractivity contribution in [2.75, 3.05) is 14.2 Å². The smallest absolute Gasteiger partial charge is 0.170 e. The molecule has 0 spiro atoms. The molecule has 1 saturated carbocycles. The van der Waals surface area contributed by atoms with Crippen molar-refractivity contribution >= 4 is 5.78 Å². The van der Waals surface area contributed by atoms with Gasteiger partial charge in [-0.15, -0.1) is 0 Å². The average Bonchev–Trinajstić information content (AvgIpc) is 3.36. The van der Waals surface area contributed by atoms with Gasteiger partial charge in [-0.1, -0.05) is 12.1 Å². The Balaban J connectivity index is 1.84. The summed E-state index contributed by atoms with van der Waals surface area (Å²) in [6, 6.07) is 10.9. The second kappa shape index (κ2) is 5.95. The van der Waals surface area contributed by atoms with Gasteiger partial charge in [0.15, 0.2) is 5.78 Å². The molecule has 23 heavy (non-hydrogen) atoms. The lowest BCUT2D eigenvalue weighted by atomic mass is 10.0. The Morgan fingerprint density at radius 3 is 2.57 bits per heavy atom. The monoisotopic (exact) mass is 312 g/mol. The molecule has 1 N–H and O–H groups in total. The van der Waals surface area contributed by atoms with Gasteiger partial charge in [-0.25, -0.2) is 0 Å². The molecular weight excluding hydrogens is 292 g/mol. The van der Waals surface area contributed by atoms with Crippen LogP contribution in [0.1, 0.15) is 33.8 Å². The van der Waals surface area contributed by atoms with Crippen LogP contribution in [0.25, 0.3) is 0 Å². The Labute approximate surface area is 135 Å².